The maximum Gasteiger partial charge on any atom is 0.291 e. The number of nitrogens with zero attached hydrogens (tertiary/aromatic N) is 1. The summed E-state index contributed by atoms with van der Waals surface area (Å²) in [6, 6.07) is 14.2. The van der Waals surface area contributed by atoms with E-state index in [0.717, 1.165) is 12.1 Å². The minimum absolute atomic E-state index is 0.147. The number of carbonyl (C=O) groups is 1. The summed E-state index contributed by atoms with van der Waals surface area (Å²) in [6.45, 7) is 3.75. The van der Waals surface area contributed by atoms with Crippen LogP contribution in [-0.2, 0) is 0 Å². The predicted octanol–water partition coefficient (Wildman–Crippen LogP) is 1.88. The lowest BCUT2D eigenvalue weighted by atomic mass is 9.98. The van der Waals surface area contributed by atoms with Gasteiger partial charge in [-0.3, -0.25) is 9.59 Å². The quantitative estimate of drug-likeness (QED) is 0.695. The first kappa shape index (κ1) is 19.2. The highest BCUT2D eigenvalue weighted by Crippen LogP contribution is 2.38. The minimum Gasteiger partial charge on any atom is -0.494 e. The lowest BCUT2D eigenvalue weighted by molar-refractivity contribution is -0.857. The fourth-order valence-corrected chi connectivity index (χ4v) is 3.83. The van der Waals surface area contributed by atoms with E-state index < -0.39 is 6.04 Å². The van der Waals surface area contributed by atoms with Gasteiger partial charge in [0.2, 0.25) is 5.76 Å². The van der Waals surface area contributed by atoms with Gasteiger partial charge in [0.15, 0.2) is 5.43 Å². The van der Waals surface area contributed by atoms with Gasteiger partial charge >= 0.3 is 0 Å². The second-order valence-corrected chi connectivity index (χ2v) is 7.53. The SMILES string of the molecule is CCOc1cccc([C@@H]2c3c(oc4ccccc4c3=O)C(=O)N2CC[NH+](C)C)c1. The van der Waals surface area contributed by atoms with Crippen LogP contribution in [0.5, 0.6) is 5.75 Å². The molecule has 29 heavy (non-hydrogen) atoms. The molecule has 1 aliphatic rings. The summed E-state index contributed by atoms with van der Waals surface area (Å²) < 4.78 is 11.6. The molecule has 4 rings (SSSR count). The zero-order valence-corrected chi connectivity index (χ0v) is 16.9. The molecule has 1 atom stereocenters. The maximum atomic E-state index is 13.4. The molecular weight excluding hydrogens is 368 g/mol. The molecule has 1 aromatic heterocycles. The summed E-state index contributed by atoms with van der Waals surface area (Å²) in [6.07, 6.45) is 0. The van der Waals surface area contributed by atoms with Crippen molar-refractivity contribution >= 4 is 16.9 Å². The van der Waals surface area contributed by atoms with Gasteiger partial charge in [-0.1, -0.05) is 24.3 Å². The second-order valence-electron chi connectivity index (χ2n) is 7.53. The average molecular weight is 393 g/mol. The maximum absolute atomic E-state index is 13.4. The Morgan fingerprint density at radius 2 is 1.90 bits per heavy atom. The normalized spacial score (nSPS) is 15.9. The molecule has 2 aromatic carbocycles. The fourth-order valence-electron chi connectivity index (χ4n) is 3.83. The van der Waals surface area contributed by atoms with Crippen molar-refractivity contribution in [3.63, 3.8) is 0 Å². The van der Waals surface area contributed by atoms with Crippen LogP contribution in [0.15, 0.2) is 57.7 Å². The number of ether oxygens (including phenoxy) is 1. The molecule has 3 aromatic rings. The van der Waals surface area contributed by atoms with E-state index in [-0.39, 0.29) is 17.1 Å². The van der Waals surface area contributed by atoms with Crippen molar-refractivity contribution in [2.24, 2.45) is 0 Å². The Balaban J connectivity index is 1.91. The van der Waals surface area contributed by atoms with E-state index in [1.165, 1.54) is 4.90 Å². The summed E-state index contributed by atoms with van der Waals surface area (Å²) in [5, 5.41) is 0.491. The Kier molecular flexibility index (Phi) is 5.11. The highest BCUT2D eigenvalue weighted by Gasteiger charge is 2.42. The Hall–Kier alpha value is -3.12. The highest BCUT2D eigenvalue weighted by atomic mass is 16.5. The number of hydrogen-bond donors (Lipinski definition) is 1. The van der Waals surface area contributed by atoms with Gasteiger partial charge in [0.1, 0.15) is 11.3 Å². The molecule has 0 bridgehead atoms. The van der Waals surface area contributed by atoms with E-state index in [2.05, 4.69) is 0 Å². The minimum atomic E-state index is -0.488. The lowest BCUT2D eigenvalue weighted by Crippen LogP contribution is -3.06. The zero-order chi connectivity index (χ0) is 20.5. The van der Waals surface area contributed by atoms with Gasteiger partial charge in [-0.05, 0) is 36.8 Å². The smallest absolute Gasteiger partial charge is 0.291 e. The molecule has 0 saturated heterocycles. The van der Waals surface area contributed by atoms with Gasteiger partial charge < -0.3 is 19.0 Å². The molecular formula is C23H25N2O4+. The highest BCUT2D eigenvalue weighted by molar-refractivity contribution is 5.99. The summed E-state index contributed by atoms with van der Waals surface area (Å²) in [5.41, 5.74) is 1.55. The fraction of sp³-hybridized carbons (Fsp3) is 0.304. The van der Waals surface area contributed by atoms with Gasteiger partial charge in [-0.2, -0.15) is 0 Å². The van der Waals surface area contributed by atoms with Crippen LogP contribution >= 0.6 is 0 Å². The zero-order valence-electron chi connectivity index (χ0n) is 16.9. The van der Waals surface area contributed by atoms with Crippen molar-refractivity contribution in [3.8, 4) is 5.75 Å². The van der Waals surface area contributed by atoms with Crippen LogP contribution in [-0.4, -0.2) is 44.6 Å². The molecule has 6 heteroatoms. The first-order valence-electron chi connectivity index (χ1n) is 9.89. The standard InChI is InChI=1S/C23H24N2O4/c1-4-28-16-9-7-8-15(14-16)20-19-21(26)17-10-5-6-11-18(17)29-22(19)23(27)25(20)13-12-24(2)3/h5-11,14,20H,4,12-13H2,1-3H3/p+1/t20-/m1/s1. The van der Waals surface area contributed by atoms with Crippen LogP contribution in [0.25, 0.3) is 11.0 Å². The second kappa shape index (κ2) is 7.72. The van der Waals surface area contributed by atoms with E-state index in [1.54, 1.807) is 29.2 Å². The van der Waals surface area contributed by atoms with Crippen molar-refractivity contribution in [2.45, 2.75) is 13.0 Å². The number of nitrogens with one attached hydrogen (secondary N) is 1. The van der Waals surface area contributed by atoms with Gasteiger partial charge in [-0.25, -0.2) is 0 Å². The molecule has 0 radical (unpaired) electrons. The third-order valence-corrected chi connectivity index (χ3v) is 5.21. The van der Waals surface area contributed by atoms with E-state index in [0.29, 0.717) is 35.4 Å². The number of quaternary nitrogens is 1. The van der Waals surface area contributed by atoms with Crippen molar-refractivity contribution in [3.05, 3.63) is 75.6 Å². The summed E-state index contributed by atoms with van der Waals surface area (Å²) in [5.74, 6) is 0.624. The third-order valence-electron chi connectivity index (χ3n) is 5.21. The lowest BCUT2D eigenvalue weighted by Gasteiger charge is -2.25. The van der Waals surface area contributed by atoms with Crippen LogP contribution in [0.2, 0.25) is 0 Å². The van der Waals surface area contributed by atoms with Crippen molar-refractivity contribution < 1.29 is 18.8 Å². The molecule has 1 amide bonds. The van der Waals surface area contributed by atoms with Gasteiger partial charge in [0, 0.05) is 0 Å². The van der Waals surface area contributed by atoms with E-state index in [9.17, 15) is 9.59 Å². The van der Waals surface area contributed by atoms with E-state index >= 15 is 0 Å². The van der Waals surface area contributed by atoms with Crippen LogP contribution in [0.1, 0.15) is 34.6 Å². The van der Waals surface area contributed by atoms with Crippen molar-refractivity contribution in [1.29, 1.82) is 0 Å². The molecule has 0 fully saturated rings. The Bertz CT molecular complexity index is 1120. The van der Waals surface area contributed by atoms with Gasteiger partial charge in [0.25, 0.3) is 5.91 Å². The molecule has 6 nitrogen and oxygen atoms in total. The van der Waals surface area contributed by atoms with Crippen LogP contribution in [0, 0.1) is 0 Å². The number of benzene rings is 2. The first-order chi connectivity index (χ1) is 14.0. The molecule has 150 valence electrons. The number of likely N-dealkylation sites (N-methyl/N-ethyl adjacent to an activating group) is 1. The monoisotopic (exact) mass is 393 g/mol. The number of para-hydroxylation sites is 1. The number of fused-ring (bicyclic) bond motifs is 2. The van der Waals surface area contributed by atoms with Gasteiger partial charge in [-0.15, -0.1) is 0 Å². The Labute approximate surface area is 169 Å². The first-order valence-corrected chi connectivity index (χ1v) is 9.89. The average Bonchev–Trinajstić information content (AvgIpc) is 2.99. The van der Waals surface area contributed by atoms with Crippen LogP contribution < -0.4 is 15.1 Å². The summed E-state index contributed by atoms with van der Waals surface area (Å²) in [4.78, 5) is 29.6. The van der Waals surface area contributed by atoms with E-state index in [1.807, 2.05) is 45.3 Å². The summed E-state index contributed by atoms with van der Waals surface area (Å²) >= 11 is 0. The van der Waals surface area contributed by atoms with Crippen molar-refractivity contribution in [1.82, 2.24) is 4.90 Å². The van der Waals surface area contributed by atoms with Crippen LogP contribution in [0.4, 0.5) is 0 Å². The molecule has 0 unspecified atom stereocenters. The summed E-state index contributed by atoms with van der Waals surface area (Å²) in [7, 11) is 4.08. The largest absolute Gasteiger partial charge is 0.494 e. The topological polar surface area (TPSA) is 64.2 Å². The Morgan fingerprint density at radius 1 is 1.10 bits per heavy atom. The molecule has 2 heterocycles. The molecule has 1 N–H and O–H groups in total. The number of hydrogen-bond acceptors (Lipinski definition) is 4. The van der Waals surface area contributed by atoms with Gasteiger partial charge in [0.05, 0.1) is 50.8 Å². The van der Waals surface area contributed by atoms with Crippen molar-refractivity contribution in [2.75, 3.05) is 33.8 Å². The number of carbonyl (C=O) groups excluding carboxylic acids is 1. The number of amides is 1. The Morgan fingerprint density at radius 3 is 2.66 bits per heavy atom. The molecule has 1 aliphatic heterocycles. The van der Waals surface area contributed by atoms with E-state index in [4.69, 9.17) is 9.15 Å². The molecule has 0 saturated carbocycles. The third kappa shape index (κ3) is 3.40. The predicted molar refractivity (Wildman–Crippen MR) is 111 cm³/mol. The number of rotatable bonds is 6. The molecule has 0 spiro atoms. The van der Waals surface area contributed by atoms with Crippen LogP contribution in [0.3, 0.4) is 0 Å². The molecule has 0 aliphatic carbocycles.